The SMILES string of the molecule is Cc1cc([C@@H]2[C@@H](c3ccccn3)NC(=S)N2CCN2CCOCC2)c(C)n1-c1ccc(N2CCOCC2)cc1. The van der Waals surface area contributed by atoms with Crippen LogP contribution in [-0.4, -0.2) is 90.2 Å². The number of nitrogens with one attached hydrogen (secondary N) is 1. The summed E-state index contributed by atoms with van der Waals surface area (Å²) < 4.78 is 13.5. The standard InChI is InChI=1S/C30H38N6O2S/c1-22-21-26(23(2)36(22)25-8-6-24(7-9-25)34-15-19-38-20-16-34)29-28(27-5-3-4-10-31-27)32-30(39)35(29)12-11-33-13-17-37-18-14-33/h3-10,21,28-29H,11-20H2,1-2H3,(H,32,39)/t28-,29-/m1/s1. The van der Waals surface area contributed by atoms with Crippen LogP contribution in [0.4, 0.5) is 5.69 Å². The minimum Gasteiger partial charge on any atom is -0.379 e. The van der Waals surface area contributed by atoms with Crippen LogP contribution in [0.15, 0.2) is 54.7 Å². The monoisotopic (exact) mass is 546 g/mol. The van der Waals surface area contributed by atoms with Crippen LogP contribution in [0.3, 0.4) is 0 Å². The second kappa shape index (κ2) is 11.6. The van der Waals surface area contributed by atoms with Crippen molar-refractivity contribution in [3.05, 3.63) is 77.4 Å². The Balaban J connectivity index is 1.31. The number of thiocarbonyl (C=S) groups is 1. The van der Waals surface area contributed by atoms with Crippen molar-refractivity contribution >= 4 is 23.0 Å². The summed E-state index contributed by atoms with van der Waals surface area (Å²) in [6, 6.07) is 17.4. The minimum absolute atomic E-state index is 0.0129. The fourth-order valence-corrected chi connectivity index (χ4v) is 6.51. The second-order valence-corrected chi connectivity index (χ2v) is 10.9. The molecule has 1 aromatic carbocycles. The number of hydrogen-bond donors (Lipinski definition) is 1. The number of rotatable bonds is 7. The lowest BCUT2D eigenvalue weighted by Gasteiger charge is -2.32. The quantitative estimate of drug-likeness (QED) is 0.451. The van der Waals surface area contributed by atoms with Gasteiger partial charge < -0.3 is 29.2 Å². The van der Waals surface area contributed by atoms with E-state index in [-0.39, 0.29) is 12.1 Å². The number of anilines is 1. The van der Waals surface area contributed by atoms with Crippen molar-refractivity contribution in [3.63, 3.8) is 0 Å². The van der Waals surface area contributed by atoms with Gasteiger partial charge in [-0.15, -0.1) is 0 Å². The van der Waals surface area contributed by atoms with Crippen molar-refractivity contribution in [2.45, 2.75) is 25.9 Å². The predicted molar refractivity (Wildman–Crippen MR) is 158 cm³/mol. The molecule has 1 N–H and O–H groups in total. The number of aryl methyl sites for hydroxylation is 1. The van der Waals surface area contributed by atoms with Gasteiger partial charge in [-0.2, -0.15) is 0 Å². The molecule has 0 bridgehead atoms. The van der Waals surface area contributed by atoms with Crippen molar-refractivity contribution in [2.75, 3.05) is 70.6 Å². The third-order valence-corrected chi connectivity index (χ3v) is 8.58. The molecule has 0 unspecified atom stereocenters. The Morgan fingerprint density at radius 3 is 2.28 bits per heavy atom. The summed E-state index contributed by atoms with van der Waals surface area (Å²) in [5.74, 6) is 0. The molecule has 0 radical (unpaired) electrons. The number of benzene rings is 1. The lowest BCUT2D eigenvalue weighted by Crippen LogP contribution is -2.42. The van der Waals surface area contributed by atoms with Crippen LogP contribution in [0.1, 0.15) is 34.7 Å². The summed E-state index contributed by atoms with van der Waals surface area (Å²) in [7, 11) is 0. The zero-order valence-electron chi connectivity index (χ0n) is 22.9. The summed E-state index contributed by atoms with van der Waals surface area (Å²) in [5.41, 5.74) is 7.18. The number of nitrogens with zero attached hydrogens (tertiary/aromatic N) is 5. The highest BCUT2D eigenvalue weighted by Gasteiger charge is 2.41. The van der Waals surface area contributed by atoms with Crippen molar-refractivity contribution in [2.24, 2.45) is 0 Å². The van der Waals surface area contributed by atoms with E-state index in [2.05, 4.69) is 80.9 Å². The average Bonchev–Trinajstić information content (AvgIpc) is 3.47. The van der Waals surface area contributed by atoms with Crippen LogP contribution in [0.2, 0.25) is 0 Å². The maximum atomic E-state index is 5.94. The molecule has 3 aromatic rings. The first-order valence-electron chi connectivity index (χ1n) is 14.0. The van der Waals surface area contributed by atoms with Gasteiger partial charge in [0.25, 0.3) is 0 Å². The van der Waals surface area contributed by atoms with E-state index in [1.807, 2.05) is 12.3 Å². The molecule has 2 aromatic heterocycles. The molecular weight excluding hydrogens is 508 g/mol. The van der Waals surface area contributed by atoms with E-state index in [1.165, 1.54) is 28.3 Å². The maximum Gasteiger partial charge on any atom is 0.170 e. The molecule has 0 amide bonds. The first kappa shape index (κ1) is 26.3. The Kier molecular flexibility index (Phi) is 7.83. The van der Waals surface area contributed by atoms with Crippen molar-refractivity contribution in [3.8, 4) is 5.69 Å². The van der Waals surface area contributed by atoms with Gasteiger partial charge in [-0.25, -0.2) is 0 Å². The fourth-order valence-electron chi connectivity index (χ4n) is 6.18. The first-order chi connectivity index (χ1) is 19.1. The summed E-state index contributed by atoms with van der Waals surface area (Å²) >= 11 is 5.94. The van der Waals surface area contributed by atoms with Crippen LogP contribution in [0.5, 0.6) is 0 Å². The number of pyridine rings is 1. The summed E-state index contributed by atoms with van der Waals surface area (Å²) in [5, 5.41) is 4.42. The second-order valence-electron chi connectivity index (χ2n) is 10.6. The van der Waals surface area contributed by atoms with E-state index in [9.17, 15) is 0 Å². The van der Waals surface area contributed by atoms with E-state index in [0.29, 0.717) is 0 Å². The van der Waals surface area contributed by atoms with E-state index in [1.54, 1.807) is 0 Å². The number of hydrogen-bond acceptors (Lipinski definition) is 6. The fraction of sp³-hybridized carbons (Fsp3) is 0.467. The van der Waals surface area contributed by atoms with Crippen molar-refractivity contribution in [1.82, 2.24) is 24.7 Å². The molecule has 2 atom stereocenters. The molecule has 0 spiro atoms. The largest absolute Gasteiger partial charge is 0.379 e. The van der Waals surface area contributed by atoms with E-state index < -0.39 is 0 Å². The molecular formula is C30H38N6O2S. The van der Waals surface area contributed by atoms with Crippen LogP contribution >= 0.6 is 12.2 Å². The van der Waals surface area contributed by atoms with Crippen LogP contribution in [0.25, 0.3) is 5.69 Å². The molecule has 6 rings (SSSR count). The topological polar surface area (TPSA) is 58.0 Å². The third kappa shape index (κ3) is 5.41. The first-order valence-corrected chi connectivity index (χ1v) is 14.4. The Bertz CT molecular complexity index is 1270. The van der Waals surface area contributed by atoms with Gasteiger partial charge in [0.15, 0.2) is 5.11 Å². The highest BCUT2D eigenvalue weighted by Crippen LogP contribution is 2.41. The van der Waals surface area contributed by atoms with Crippen molar-refractivity contribution < 1.29 is 9.47 Å². The number of aromatic nitrogens is 2. The Morgan fingerprint density at radius 1 is 0.897 bits per heavy atom. The lowest BCUT2D eigenvalue weighted by molar-refractivity contribution is 0.0350. The Hall–Kier alpha value is -2.98. The van der Waals surface area contributed by atoms with Gasteiger partial charge in [0, 0.05) is 68.2 Å². The van der Waals surface area contributed by atoms with E-state index in [0.717, 1.165) is 76.5 Å². The minimum atomic E-state index is -0.0129. The smallest absolute Gasteiger partial charge is 0.170 e. The van der Waals surface area contributed by atoms with E-state index in [4.69, 9.17) is 26.7 Å². The van der Waals surface area contributed by atoms with Crippen LogP contribution < -0.4 is 10.2 Å². The highest BCUT2D eigenvalue weighted by molar-refractivity contribution is 7.80. The van der Waals surface area contributed by atoms with Gasteiger partial charge in [0.1, 0.15) is 0 Å². The molecule has 3 aliphatic rings. The molecule has 3 aliphatic heterocycles. The Labute approximate surface area is 236 Å². The maximum absolute atomic E-state index is 5.94. The molecule has 0 aliphatic carbocycles. The molecule has 3 fully saturated rings. The van der Waals surface area contributed by atoms with Gasteiger partial charge in [-0.05, 0) is 74.1 Å². The molecule has 3 saturated heterocycles. The van der Waals surface area contributed by atoms with Gasteiger partial charge in [-0.3, -0.25) is 9.88 Å². The van der Waals surface area contributed by atoms with Gasteiger partial charge in [-0.1, -0.05) is 6.07 Å². The molecule has 206 valence electrons. The third-order valence-electron chi connectivity index (χ3n) is 8.23. The molecule has 9 heteroatoms. The van der Waals surface area contributed by atoms with Gasteiger partial charge >= 0.3 is 0 Å². The predicted octanol–water partition coefficient (Wildman–Crippen LogP) is 3.63. The van der Waals surface area contributed by atoms with E-state index >= 15 is 0 Å². The highest BCUT2D eigenvalue weighted by atomic mass is 32.1. The number of morpholine rings is 2. The zero-order chi connectivity index (χ0) is 26.8. The molecule has 39 heavy (non-hydrogen) atoms. The zero-order valence-corrected chi connectivity index (χ0v) is 23.7. The van der Waals surface area contributed by atoms with Crippen LogP contribution in [0, 0.1) is 13.8 Å². The van der Waals surface area contributed by atoms with Gasteiger partial charge in [0.05, 0.1) is 44.2 Å². The summed E-state index contributed by atoms with van der Waals surface area (Å²) in [6.07, 6.45) is 1.87. The Morgan fingerprint density at radius 2 is 1.59 bits per heavy atom. The normalized spacial score (nSPS) is 22.4. The van der Waals surface area contributed by atoms with Crippen LogP contribution in [-0.2, 0) is 9.47 Å². The number of ether oxygens (including phenoxy) is 2. The molecule has 8 nitrogen and oxygen atoms in total. The van der Waals surface area contributed by atoms with Gasteiger partial charge in [0.2, 0.25) is 0 Å². The molecule has 0 saturated carbocycles. The average molecular weight is 547 g/mol. The summed E-state index contributed by atoms with van der Waals surface area (Å²) in [6.45, 7) is 13.2. The molecule has 5 heterocycles. The lowest BCUT2D eigenvalue weighted by atomic mass is 9.96. The van der Waals surface area contributed by atoms with Crippen molar-refractivity contribution in [1.29, 1.82) is 0 Å². The summed E-state index contributed by atoms with van der Waals surface area (Å²) in [4.78, 5) is 12.0.